The Kier molecular flexibility index (Phi) is 4.48. The lowest BCUT2D eigenvalue weighted by Crippen LogP contribution is -2.00. The summed E-state index contributed by atoms with van der Waals surface area (Å²) in [7, 11) is 0. The molecule has 0 amide bonds. The molecular weight excluding hydrogens is 252 g/mol. The Labute approximate surface area is 90.4 Å². The van der Waals surface area contributed by atoms with Gasteiger partial charge in [-0.1, -0.05) is 0 Å². The molecule has 1 nitrogen and oxygen atoms in total. The van der Waals surface area contributed by atoms with Crippen LogP contribution in [-0.4, -0.2) is 6.54 Å². The molecule has 0 aliphatic rings. The van der Waals surface area contributed by atoms with Gasteiger partial charge in [-0.2, -0.15) is 0 Å². The zero-order chi connectivity index (χ0) is 10.6. The molecule has 0 heterocycles. The molecule has 0 spiro atoms. The van der Waals surface area contributed by atoms with Crippen molar-refractivity contribution in [3.8, 4) is 0 Å². The van der Waals surface area contributed by atoms with Gasteiger partial charge in [0.25, 0.3) is 0 Å². The van der Waals surface area contributed by atoms with Gasteiger partial charge in [-0.05, 0) is 53.4 Å². The molecular formula is C10H12BrF2N. The molecule has 14 heavy (non-hydrogen) atoms. The van der Waals surface area contributed by atoms with Gasteiger partial charge >= 0.3 is 0 Å². The van der Waals surface area contributed by atoms with E-state index in [0.29, 0.717) is 23.0 Å². The molecule has 0 saturated heterocycles. The van der Waals surface area contributed by atoms with Crippen LogP contribution in [0.3, 0.4) is 0 Å². The topological polar surface area (TPSA) is 26.0 Å². The molecule has 0 aliphatic heterocycles. The number of rotatable bonds is 4. The van der Waals surface area contributed by atoms with Crippen molar-refractivity contribution in [2.24, 2.45) is 5.73 Å². The Bertz CT molecular complexity index is 315. The minimum atomic E-state index is -0.548. The summed E-state index contributed by atoms with van der Waals surface area (Å²) in [5.41, 5.74) is 5.99. The number of benzene rings is 1. The van der Waals surface area contributed by atoms with Gasteiger partial charge < -0.3 is 5.73 Å². The highest BCUT2D eigenvalue weighted by atomic mass is 79.9. The van der Waals surface area contributed by atoms with E-state index in [1.807, 2.05) is 0 Å². The van der Waals surface area contributed by atoms with Crippen LogP contribution in [0.15, 0.2) is 16.6 Å². The van der Waals surface area contributed by atoms with Crippen molar-refractivity contribution >= 4 is 15.9 Å². The first-order valence-corrected chi connectivity index (χ1v) is 5.28. The normalized spacial score (nSPS) is 10.6. The van der Waals surface area contributed by atoms with Crippen molar-refractivity contribution in [3.63, 3.8) is 0 Å². The van der Waals surface area contributed by atoms with Crippen LogP contribution in [0.1, 0.15) is 18.4 Å². The average molecular weight is 264 g/mol. The van der Waals surface area contributed by atoms with Crippen LogP contribution < -0.4 is 5.73 Å². The van der Waals surface area contributed by atoms with Crippen molar-refractivity contribution in [2.45, 2.75) is 19.3 Å². The van der Waals surface area contributed by atoms with Crippen molar-refractivity contribution in [1.82, 2.24) is 0 Å². The SMILES string of the molecule is NCCCCc1cc(F)cc(F)c1Br. The van der Waals surface area contributed by atoms with Gasteiger partial charge in [0, 0.05) is 6.07 Å². The van der Waals surface area contributed by atoms with Crippen molar-refractivity contribution in [1.29, 1.82) is 0 Å². The van der Waals surface area contributed by atoms with Crippen LogP contribution in [0.4, 0.5) is 8.78 Å². The van der Waals surface area contributed by atoms with Gasteiger partial charge in [-0.25, -0.2) is 8.78 Å². The molecule has 0 atom stereocenters. The maximum absolute atomic E-state index is 13.0. The smallest absolute Gasteiger partial charge is 0.140 e. The van der Waals surface area contributed by atoms with Crippen LogP contribution in [-0.2, 0) is 6.42 Å². The molecule has 0 saturated carbocycles. The number of nitrogens with two attached hydrogens (primary N) is 1. The molecule has 0 bridgehead atoms. The minimum absolute atomic E-state index is 0.357. The second-order valence-electron chi connectivity index (χ2n) is 3.11. The van der Waals surface area contributed by atoms with E-state index in [1.165, 1.54) is 6.07 Å². The van der Waals surface area contributed by atoms with Gasteiger partial charge in [-0.15, -0.1) is 0 Å². The van der Waals surface area contributed by atoms with Crippen LogP contribution in [0.5, 0.6) is 0 Å². The first-order valence-electron chi connectivity index (χ1n) is 4.48. The third-order valence-corrected chi connectivity index (χ3v) is 2.86. The van der Waals surface area contributed by atoms with Crippen LogP contribution in [0.2, 0.25) is 0 Å². The van der Waals surface area contributed by atoms with Gasteiger partial charge in [0.1, 0.15) is 11.6 Å². The zero-order valence-electron chi connectivity index (χ0n) is 7.69. The molecule has 1 rings (SSSR count). The predicted molar refractivity (Wildman–Crippen MR) is 56.1 cm³/mol. The Hall–Kier alpha value is -0.480. The minimum Gasteiger partial charge on any atom is -0.330 e. The Morgan fingerprint density at radius 2 is 1.93 bits per heavy atom. The number of hydrogen-bond acceptors (Lipinski definition) is 1. The summed E-state index contributed by atoms with van der Waals surface area (Å²) in [6.07, 6.45) is 2.36. The molecule has 2 N–H and O–H groups in total. The van der Waals surface area contributed by atoms with Gasteiger partial charge in [-0.3, -0.25) is 0 Å². The van der Waals surface area contributed by atoms with Crippen molar-refractivity contribution in [2.75, 3.05) is 6.54 Å². The van der Waals surface area contributed by atoms with Crippen molar-refractivity contribution in [3.05, 3.63) is 33.8 Å². The molecule has 1 aromatic rings. The summed E-state index contributed by atoms with van der Waals surface area (Å²) in [5.74, 6) is -1.08. The number of unbranched alkanes of at least 4 members (excludes halogenated alkanes) is 1. The summed E-state index contributed by atoms with van der Waals surface area (Å²) in [6.45, 7) is 0.607. The van der Waals surface area contributed by atoms with E-state index in [1.54, 1.807) is 0 Å². The van der Waals surface area contributed by atoms with Gasteiger partial charge in [0.15, 0.2) is 0 Å². The number of aryl methyl sites for hydroxylation is 1. The number of halogens is 3. The monoisotopic (exact) mass is 263 g/mol. The highest BCUT2D eigenvalue weighted by Crippen LogP contribution is 2.23. The highest BCUT2D eigenvalue weighted by molar-refractivity contribution is 9.10. The van der Waals surface area contributed by atoms with Gasteiger partial charge in [0.05, 0.1) is 4.47 Å². The summed E-state index contributed by atoms with van der Waals surface area (Å²) >= 11 is 3.09. The largest absolute Gasteiger partial charge is 0.330 e. The fourth-order valence-electron chi connectivity index (χ4n) is 1.25. The van der Waals surface area contributed by atoms with E-state index in [2.05, 4.69) is 15.9 Å². The lowest BCUT2D eigenvalue weighted by molar-refractivity contribution is 0.573. The van der Waals surface area contributed by atoms with E-state index in [4.69, 9.17) is 5.73 Å². The van der Waals surface area contributed by atoms with E-state index >= 15 is 0 Å². The summed E-state index contributed by atoms with van der Waals surface area (Å²) in [6, 6.07) is 2.22. The molecule has 0 unspecified atom stereocenters. The zero-order valence-corrected chi connectivity index (χ0v) is 9.28. The highest BCUT2D eigenvalue weighted by Gasteiger charge is 2.07. The van der Waals surface area contributed by atoms with E-state index in [0.717, 1.165) is 18.9 Å². The summed E-state index contributed by atoms with van der Waals surface area (Å²) in [4.78, 5) is 0. The molecule has 0 aliphatic carbocycles. The second-order valence-corrected chi connectivity index (χ2v) is 3.90. The van der Waals surface area contributed by atoms with E-state index in [9.17, 15) is 8.78 Å². The van der Waals surface area contributed by atoms with E-state index in [-0.39, 0.29) is 0 Å². The average Bonchev–Trinajstić information content (AvgIpc) is 2.13. The molecule has 1 aromatic carbocycles. The lowest BCUT2D eigenvalue weighted by atomic mass is 10.1. The third-order valence-electron chi connectivity index (χ3n) is 1.97. The third kappa shape index (κ3) is 3.03. The first-order chi connectivity index (χ1) is 6.65. The Morgan fingerprint density at radius 1 is 1.21 bits per heavy atom. The quantitative estimate of drug-likeness (QED) is 0.656. The lowest BCUT2D eigenvalue weighted by Gasteiger charge is -2.05. The van der Waals surface area contributed by atoms with E-state index < -0.39 is 11.6 Å². The van der Waals surface area contributed by atoms with Crippen LogP contribution >= 0.6 is 15.9 Å². The number of hydrogen-bond donors (Lipinski definition) is 1. The molecule has 78 valence electrons. The maximum Gasteiger partial charge on any atom is 0.140 e. The summed E-state index contributed by atoms with van der Waals surface area (Å²) in [5, 5.41) is 0. The standard InChI is InChI=1S/C10H12BrF2N/c11-10-7(3-1-2-4-14)5-8(12)6-9(10)13/h5-6H,1-4,14H2. The second kappa shape index (κ2) is 5.41. The predicted octanol–water partition coefficient (Wildman–Crippen LogP) is 3.01. The Morgan fingerprint density at radius 3 is 2.57 bits per heavy atom. The summed E-state index contributed by atoms with van der Waals surface area (Å²) < 4.78 is 26.2. The fourth-order valence-corrected chi connectivity index (χ4v) is 1.68. The van der Waals surface area contributed by atoms with Crippen LogP contribution in [0.25, 0.3) is 0 Å². The molecule has 4 heteroatoms. The van der Waals surface area contributed by atoms with Crippen molar-refractivity contribution < 1.29 is 8.78 Å². The van der Waals surface area contributed by atoms with Gasteiger partial charge in [0.2, 0.25) is 0 Å². The Balaban J connectivity index is 2.75. The maximum atomic E-state index is 13.0. The first kappa shape index (κ1) is 11.6. The molecule has 0 radical (unpaired) electrons. The fraction of sp³-hybridized carbons (Fsp3) is 0.400. The molecule has 0 fully saturated rings. The van der Waals surface area contributed by atoms with Crippen LogP contribution in [0, 0.1) is 11.6 Å². The molecule has 0 aromatic heterocycles.